The van der Waals surface area contributed by atoms with Crippen LogP contribution in [0.15, 0.2) is 78.6 Å². The van der Waals surface area contributed by atoms with Gasteiger partial charge in [0.1, 0.15) is 23.8 Å². The van der Waals surface area contributed by atoms with E-state index < -0.39 is 10.0 Å². The van der Waals surface area contributed by atoms with Gasteiger partial charge in [0.25, 0.3) is 10.0 Å². The van der Waals surface area contributed by atoms with Crippen molar-refractivity contribution in [3.05, 3.63) is 73.6 Å². The molecule has 0 saturated heterocycles. The molecular weight excluding hydrogens is 428 g/mol. The fourth-order valence-electron chi connectivity index (χ4n) is 2.78. The summed E-state index contributed by atoms with van der Waals surface area (Å²) in [5, 5.41) is 6.24. The number of hydrogen-bond acceptors (Lipinski definition) is 8. The highest BCUT2D eigenvalue weighted by Crippen LogP contribution is 2.22. The van der Waals surface area contributed by atoms with Gasteiger partial charge in [-0.05, 0) is 50.2 Å². The van der Waals surface area contributed by atoms with Gasteiger partial charge in [0, 0.05) is 35.9 Å². The number of nitrogens with one attached hydrogen (secondary N) is 3. The molecule has 0 unspecified atom stereocenters. The van der Waals surface area contributed by atoms with Crippen LogP contribution in [0.3, 0.4) is 0 Å². The summed E-state index contributed by atoms with van der Waals surface area (Å²) < 4.78 is 29.4. The average molecular weight is 451 g/mol. The second kappa shape index (κ2) is 9.02. The third-order valence-electron chi connectivity index (χ3n) is 4.45. The van der Waals surface area contributed by atoms with E-state index in [1.165, 1.54) is 18.9 Å². The van der Waals surface area contributed by atoms with Crippen molar-refractivity contribution < 1.29 is 8.42 Å². The van der Waals surface area contributed by atoms with Crippen molar-refractivity contribution in [3.8, 4) is 0 Å². The molecule has 11 heteroatoms. The Hall–Kier alpha value is -3.99. The summed E-state index contributed by atoms with van der Waals surface area (Å²) >= 11 is 0. The molecule has 0 amide bonds. The van der Waals surface area contributed by atoms with Gasteiger partial charge in [-0.2, -0.15) is 8.42 Å². The van der Waals surface area contributed by atoms with Gasteiger partial charge in [0.2, 0.25) is 0 Å². The predicted octanol–water partition coefficient (Wildman–Crippen LogP) is 3.94. The van der Waals surface area contributed by atoms with E-state index in [0.29, 0.717) is 23.1 Å². The van der Waals surface area contributed by atoms with Crippen LogP contribution in [0.5, 0.6) is 0 Å². The van der Waals surface area contributed by atoms with Crippen molar-refractivity contribution in [1.29, 1.82) is 0 Å². The minimum Gasteiger partial charge on any atom is -0.340 e. The lowest BCUT2D eigenvalue weighted by molar-refractivity contribution is 0.591. The largest absolute Gasteiger partial charge is 0.340 e. The number of sulfonamides is 1. The lowest BCUT2D eigenvalue weighted by atomic mass is 10.3. The third kappa shape index (κ3) is 5.19. The molecule has 0 aliphatic carbocycles. The highest BCUT2D eigenvalue weighted by molar-refractivity contribution is 7.92. The van der Waals surface area contributed by atoms with Crippen LogP contribution in [0, 0.1) is 0 Å². The minimum absolute atomic E-state index is 0.0256. The molecular formula is C21H22N8O2S. The Morgan fingerprint density at radius 3 is 2.22 bits per heavy atom. The van der Waals surface area contributed by atoms with Gasteiger partial charge in [0.05, 0.1) is 6.33 Å². The van der Waals surface area contributed by atoms with Crippen LogP contribution in [0.2, 0.25) is 0 Å². The number of anilines is 5. The monoisotopic (exact) mass is 450 g/mol. The molecule has 4 rings (SSSR count). The van der Waals surface area contributed by atoms with Crippen molar-refractivity contribution >= 4 is 38.9 Å². The number of imidazole rings is 1. The Bertz CT molecular complexity index is 1290. The minimum atomic E-state index is -3.77. The second-order valence-corrected chi connectivity index (χ2v) is 8.82. The molecule has 3 aromatic heterocycles. The Morgan fingerprint density at radius 1 is 0.844 bits per heavy atom. The second-order valence-electron chi connectivity index (χ2n) is 7.19. The van der Waals surface area contributed by atoms with Gasteiger partial charge in [-0.3, -0.25) is 4.72 Å². The maximum Gasteiger partial charge on any atom is 0.280 e. The van der Waals surface area contributed by atoms with Gasteiger partial charge >= 0.3 is 0 Å². The molecule has 0 saturated carbocycles. The zero-order valence-electron chi connectivity index (χ0n) is 17.5. The number of pyridine rings is 1. The topological polar surface area (TPSA) is 127 Å². The first-order valence-corrected chi connectivity index (χ1v) is 11.3. The number of aromatic nitrogens is 5. The third-order valence-corrected chi connectivity index (χ3v) is 5.71. The number of benzene rings is 1. The van der Waals surface area contributed by atoms with Crippen LogP contribution in [0.4, 0.5) is 28.8 Å². The summed E-state index contributed by atoms with van der Waals surface area (Å²) in [5.74, 6) is 1.84. The van der Waals surface area contributed by atoms with E-state index in [2.05, 4.69) is 35.3 Å². The van der Waals surface area contributed by atoms with Crippen molar-refractivity contribution in [3.63, 3.8) is 0 Å². The van der Waals surface area contributed by atoms with Crippen LogP contribution >= 0.6 is 0 Å². The summed E-state index contributed by atoms with van der Waals surface area (Å²) in [7, 11) is -3.77. The van der Waals surface area contributed by atoms with Crippen molar-refractivity contribution in [1.82, 2.24) is 24.5 Å². The summed E-state index contributed by atoms with van der Waals surface area (Å²) in [4.78, 5) is 16.6. The van der Waals surface area contributed by atoms with Gasteiger partial charge in [-0.25, -0.2) is 19.9 Å². The molecule has 0 bridgehead atoms. The molecule has 0 fully saturated rings. The van der Waals surface area contributed by atoms with Crippen LogP contribution in [-0.2, 0) is 10.0 Å². The van der Waals surface area contributed by atoms with E-state index >= 15 is 0 Å². The molecule has 0 aliphatic heterocycles. The van der Waals surface area contributed by atoms with E-state index in [4.69, 9.17) is 0 Å². The van der Waals surface area contributed by atoms with Crippen molar-refractivity contribution in [2.45, 2.75) is 24.9 Å². The molecule has 1 aromatic carbocycles. The van der Waals surface area contributed by atoms with E-state index in [0.717, 1.165) is 5.69 Å². The van der Waals surface area contributed by atoms with Gasteiger partial charge in [0.15, 0.2) is 5.03 Å². The van der Waals surface area contributed by atoms with Crippen LogP contribution in [0.1, 0.15) is 19.9 Å². The molecule has 10 nitrogen and oxygen atoms in total. The van der Waals surface area contributed by atoms with E-state index in [-0.39, 0.29) is 11.1 Å². The summed E-state index contributed by atoms with van der Waals surface area (Å²) in [6.45, 7) is 3.90. The highest BCUT2D eigenvalue weighted by atomic mass is 32.2. The number of hydrogen-bond donors (Lipinski definition) is 3. The maximum atomic E-state index is 12.6. The van der Waals surface area contributed by atoms with E-state index in [1.54, 1.807) is 41.1 Å². The van der Waals surface area contributed by atoms with Gasteiger partial charge in [-0.1, -0.05) is 6.07 Å². The quantitative estimate of drug-likeness (QED) is 0.368. The average Bonchev–Trinajstić information content (AvgIpc) is 3.28. The number of rotatable bonds is 8. The van der Waals surface area contributed by atoms with Crippen molar-refractivity contribution in [2.24, 2.45) is 0 Å². The molecule has 164 valence electrons. The SMILES string of the molecule is CC(C)n1cnc(S(=O)(=O)Nc2ccc(Nc3cc(Nc4ccccn4)ncn3)cc2)c1. The molecule has 3 N–H and O–H groups in total. The van der Waals surface area contributed by atoms with E-state index in [1.807, 2.05) is 32.0 Å². The first-order chi connectivity index (χ1) is 15.4. The Balaban J connectivity index is 1.42. The van der Waals surface area contributed by atoms with Crippen LogP contribution in [0.25, 0.3) is 0 Å². The predicted molar refractivity (Wildman–Crippen MR) is 123 cm³/mol. The normalized spacial score (nSPS) is 11.3. The molecule has 32 heavy (non-hydrogen) atoms. The lowest BCUT2D eigenvalue weighted by Crippen LogP contribution is -2.13. The van der Waals surface area contributed by atoms with E-state index in [9.17, 15) is 8.42 Å². The van der Waals surface area contributed by atoms with Crippen molar-refractivity contribution in [2.75, 3.05) is 15.4 Å². The molecule has 0 spiro atoms. The lowest BCUT2D eigenvalue weighted by Gasteiger charge is -2.10. The highest BCUT2D eigenvalue weighted by Gasteiger charge is 2.18. The molecule has 0 aliphatic rings. The van der Waals surface area contributed by atoms with Crippen LogP contribution < -0.4 is 15.4 Å². The Kier molecular flexibility index (Phi) is 5.99. The zero-order valence-corrected chi connectivity index (χ0v) is 18.3. The Morgan fingerprint density at radius 2 is 1.56 bits per heavy atom. The maximum absolute atomic E-state index is 12.6. The molecule has 0 radical (unpaired) electrons. The summed E-state index contributed by atoms with van der Waals surface area (Å²) in [5.41, 5.74) is 1.16. The molecule has 3 heterocycles. The smallest absolute Gasteiger partial charge is 0.280 e. The van der Waals surface area contributed by atoms with Gasteiger partial charge < -0.3 is 15.2 Å². The first-order valence-electron chi connectivity index (χ1n) is 9.82. The first kappa shape index (κ1) is 21.2. The molecule has 4 aromatic rings. The Labute approximate surface area is 185 Å². The molecule has 0 atom stereocenters. The zero-order chi connectivity index (χ0) is 22.6. The summed E-state index contributed by atoms with van der Waals surface area (Å²) in [6, 6.07) is 14.2. The van der Waals surface area contributed by atoms with Gasteiger partial charge in [-0.15, -0.1) is 0 Å². The van der Waals surface area contributed by atoms with Crippen LogP contribution in [-0.4, -0.2) is 32.9 Å². The fourth-order valence-corrected chi connectivity index (χ4v) is 3.78. The standard InChI is InChI=1S/C21H22N8O2S/c1-15(2)29-12-21(25-14-29)32(30,31)28-17-8-6-16(7-9-17)26-19-11-20(24-13-23-19)27-18-5-3-4-10-22-18/h3-15,28H,1-2H3,(H2,22,23,24,26,27). The number of nitrogens with zero attached hydrogens (tertiary/aromatic N) is 5. The fraction of sp³-hybridized carbons (Fsp3) is 0.143. The summed E-state index contributed by atoms with van der Waals surface area (Å²) in [6.07, 6.45) is 6.14.